The Labute approximate surface area is 147 Å². The number of hydrogen-bond acceptors (Lipinski definition) is 2. The first-order valence-electron chi connectivity index (χ1n) is 9.59. The van der Waals surface area contributed by atoms with Crippen molar-refractivity contribution in [3.05, 3.63) is 29.8 Å². The van der Waals surface area contributed by atoms with E-state index in [9.17, 15) is 4.79 Å². The molecule has 0 bridgehead atoms. The summed E-state index contributed by atoms with van der Waals surface area (Å²) in [6.45, 7) is 6.21. The van der Waals surface area contributed by atoms with Gasteiger partial charge >= 0.3 is 0 Å². The van der Waals surface area contributed by atoms with Gasteiger partial charge in [0.05, 0.1) is 7.11 Å². The second-order valence-electron chi connectivity index (χ2n) is 7.07. The van der Waals surface area contributed by atoms with Gasteiger partial charge in [0.25, 0.3) is 0 Å². The van der Waals surface area contributed by atoms with Crippen molar-refractivity contribution in [3.8, 4) is 5.75 Å². The van der Waals surface area contributed by atoms with E-state index < -0.39 is 0 Å². The number of ether oxygens (including phenoxy) is 1. The Morgan fingerprint density at radius 3 is 2.42 bits per heavy atom. The summed E-state index contributed by atoms with van der Waals surface area (Å²) in [6, 6.07) is 8.39. The average Bonchev–Trinajstić information content (AvgIpc) is 2.63. The fourth-order valence-electron chi connectivity index (χ4n) is 3.66. The molecule has 0 radical (unpaired) electrons. The maximum atomic E-state index is 12.7. The minimum Gasteiger partial charge on any atom is -0.497 e. The molecule has 0 aromatic heterocycles. The highest BCUT2D eigenvalue weighted by molar-refractivity contribution is 5.78. The lowest BCUT2D eigenvalue weighted by molar-refractivity contribution is -0.137. The van der Waals surface area contributed by atoms with Crippen LogP contribution in [-0.4, -0.2) is 31.0 Å². The van der Waals surface area contributed by atoms with Gasteiger partial charge in [0.2, 0.25) is 5.91 Å². The van der Waals surface area contributed by atoms with Crippen LogP contribution in [-0.2, 0) is 11.2 Å². The Balaban J connectivity index is 1.80. The van der Waals surface area contributed by atoms with E-state index in [0.29, 0.717) is 11.8 Å². The lowest BCUT2D eigenvalue weighted by Gasteiger charge is -2.34. The summed E-state index contributed by atoms with van der Waals surface area (Å²) in [4.78, 5) is 14.8. The number of carbonyl (C=O) groups is 1. The number of rotatable bonds is 8. The van der Waals surface area contributed by atoms with Gasteiger partial charge in [-0.2, -0.15) is 0 Å². The molecule has 1 aliphatic heterocycles. The zero-order valence-corrected chi connectivity index (χ0v) is 15.6. The highest BCUT2D eigenvalue weighted by Gasteiger charge is 2.27. The molecule has 0 spiro atoms. The van der Waals surface area contributed by atoms with E-state index in [1.165, 1.54) is 12.0 Å². The van der Waals surface area contributed by atoms with Gasteiger partial charge in [0.15, 0.2) is 0 Å². The number of carbonyl (C=O) groups excluding carboxylic acids is 1. The standard InChI is InChI=1S/C21H33NO2/c1-4-6-7-19(5-2)21(23)22-14-12-18(13-15-22)16-17-8-10-20(24-3)11-9-17/h8-11,18-19H,4-7,12-16H2,1-3H3/t19-/m0/s1. The van der Waals surface area contributed by atoms with Crippen molar-refractivity contribution in [1.29, 1.82) is 0 Å². The Kier molecular flexibility index (Phi) is 7.61. The van der Waals surface area contributed by atoms with E-state index in [1.54, 1.807) is 7.11 Å². The van der Waals surface area contributed by atoms with Gasteiger partial charge < -0.3 is 9.64 Å². The zero-order valence-electron chi connectivity index (χ0n) is 15.6. The number of hydrogen-bond donors (Lipinski definition) is 0. The van der Waals surface area contributed by atoms with E-state index in [4.69, 9.17) is 4.74 Å². The summed E-state index contributed by atoms with van der Waals surface area (Å²) in [5.74, 6) is 2.24. The topological polar surface area (TPSA) is 29.5 Å². The van der Waals surface area contributed by atoms with Gasteiger partial charge in [-0.1, -0.05) is 38.8 Å². The molecule has 134 valence electrons. The largest absolute Gasteiger partial charge is 0.497 e. The Hall–Kier alpha value is -1.51. The van der Waals surface area contributed by atoms with Gasteiger partial charge in [-0.15, -0.1) is 0 Å². The van der Waals surface area contributed by atoms with Crippen molar-refractivity contribution in [2.75, 3.05) is 20.2 Å². The van der Waals surface area contributed by atoms with Crippen molar-refractivity contribution in [2.45, 2.75) is 58.8 Å². The van der Waals surface area contributed by atoms with Crippen LogP contribution in [0.4, 0.5) is 0 Å². The van der Waals surface area contributed by atoms with Crippen LogP contribution in [0.1, 0.15) is 57.9 Å². The molecular weight excluding hydrogens is 298 g/mol. The Morgan fingerprint density at radius 1 is 1.21 bits per heavy atom. The van der Waals surface area contributed by atoms with Crippen LogP contribution in [0.5, 0.6) is 5.75 Å². The summed E-state index contributed by atoms with van der Waals surface area (Å²) in [7, 11) is 1.70. The van der Waals surface area contributed by atoms with Gasteiger partial charge in [0.1, 0.15) is 5.75 Å². The number of nitrogens with zero attached hydrogens (tertiary/aromatic N) is 1. The summed E-state index contributed by atoms with van der Waals surface area (Å²) in [6.07, 6.45) is 7.73. The molecule has 1 aromatic rings. The molecule has 1 fully saturated rings. The maximum Gasteiger partial charge on any atom is 0.225 e. The average molecular weight is 332 g/mol. The van der Waals surface area contributed by atoms with Crippen molar-refractivity contribution in [3.63, 3.8) is 0 Å². The van der Waals surface area contributed by atoms with Crippen LogP contribution in [0.25, 0.3) is 0 Å². The fraction of sp³-hybridized carbons (Fsp3) is 0.667. The zero-order chi connectivity index (χ0) is 17.4. The molecular formula is C21H33NO2. The number of methoxy groups -OCH3 is 1. The first-order valence-corrected chi connectivity index (χ1v) is 9.59. The Bertz CT molecular complexity index is 489. The van der Waals surface area contributed by atoms with E-state index in [2.05, 4.69) is 30.9 Å². The van der Waals surface area contributed by atoms with E-state index in [-0.39, 0.29) is 5.92 Å². The highest BCUT2D eigenvalue weighted by atomic mass is 16.5. The number of amides is 1. The Morgan fingerprint density at radius 2 is 1.88 bits per heavy atom. The predicted molar refractivity (Wildman–Crippen MR) is 99.3 cm³/mol. The van der Waals surface area contributed by atoms with Crippen LogP contribution in [0.3, 0.4) is 0 Å². The molecule has 0 N–H and O–H groups in total. The second-order valence-corrected chi connectivity index (χ2v) is 7.07. The first-order chi connectivity index (χ1) is 11.7. The number of benzene rings is 1. The van der Waals surface area contributed by atoms with Crippen molar-refractivity contribution in [2.24, 2.45) is 11.8 Å². The van der Waals surface area contributed by atoms with Gasteiger partial charge in [-0.25, -0.2) is 0 Å². The minimum atomic E-state index is 0.239. The molecule has 0 unspecified atom stereocenters. The lowest BCUT2D eigenvalue weighted by atomic mass is 9.89. The summed E-state index contributed by atoms with van der Waals surface area (Å²) in [5, 5.41) is 0. The van der Waals surface area contributed by atoms with Crippen molar-refractivity contribution in [1.82, 2.24) is 4.90 Å². The molecule has 1 aromatic carbocycles. The molecule has 2 rings (SSSR count). The molecule has 0 saturated carbocycles. The molecule has 24 heavy (non-hydrogen) atoms. The van der Waals surface area contributed by atoms with Crippen molar-refractivity contribution < 1.29 is 9.53 Å². The van der Waals surface area contributed by atoms with Gasteiger partial charge in [-0.05, 0) is 55.7 Å². The molecule has 0 aliphatic carbocycles. The summed E-state index contributed by atoms with van der Waals surface area (Å²) >= 11 is 0. The second kappa shape index (κ2) is 9.71. The molecule has 3 nitrogen and oxygen atoms in total. The van der Waals surface area contributed by atoms with Crippen LogP contribution in [0, 0.1) is 11.8 Å². The van der Waals surface area contributed by atoms with Gasteiger partial charge in [-0.3, -0.25) is 4.79 Å². The normalized spacial score (nSPS) is 16.9. The van der Waals surface area contributed by atoms with Crippen LogP contribution in [0.2, 0.25) is 0 Å². The third-order valence-corrected chi connectivity index (χ3v) is 5.36. The van der Waals surface area contributed by atoms with Crippen molar-refractivity contribution >= 4 is 5.91 Å². The monoisotopic (exact) mass is 331 g/mol. The number of piperidine rings is 1. The van der Waals surface area contributed by atoms with Crippen LogP contribution >= 0.6 is 0 Å². The first kappa shape index (κ1) is 18.8. The molecule has 3 heteroatoms. The number of unbranched alkanes of at least 4 members (excludes halogenated alkanes) is 1. The van der Waals surface area contributed by atoms with E-state index >= 15 is 0 Å². The quantitative estimate of drug-likeness (QED) is 0.691. The number of likely N-dealkylation sites (tertiary alicyclic amines) is 1. The lowest BCUT2D eigenvalue weighted by Crippen LogP contribution is -2.42. The fourth-order valence-corrected chi connectivity index (χ4v) is 3.66. The minimum absolute atomic E-state index is 0.239. The molecule has 1 aliphatic rings. The molecule has 1 saturated heterocycles. The third kappa shape index (κ3) is 5.25. The molecule has 1 heterocycles. The van der Waals surface area contributed by atoms with E-state index in [0.717, 1.165) is 57.4 Å². The SMILES string of the molecule is CCCC[C@H](CC)C(=O)N1CCC(Cc2ccc(OC)cc2)CC1. The maximum absolute atomic E-state index is 12.7. The highest BCUT2D eigenvalue weighted by Crippen LogP contribution is 2.25. The summed E-state index contributed by atoms with van der Waals surface area (Å²) < 4.78 is 5.22. The molecule has 1 atom stereocenters. The predicted octanol–water partition coefficient (Wildman–Crippen LogP) is 4.69. The molecule has 1 amide bonds. The third-order valence-electron chi connectivity index (χ3n) is 5.36. The van der Waals surface area contributed by atoms with E-state index in [1.807, 2.05) is 12.1 Å². The van der Waals surface area contributed by atoms with Gasteiger partial charge in [0, 0.05) is 19.0 Å². The van der Waals surface area contributed by atoms with Crippen LogP contribution < -0.4 is 4.74 Å². The summed E-state index contributed by atoms with van der Waals surface area (Å²) in [5.41, 5.74) is 1.37. The van der Waals surface area contributed by atoms with Crippen LogP contribution in [0.15, 0.2) is 24.3 Å². The smallest absolute Gasteiger partial charge is 0.225 e.